The van der Waals surface area contributed by atoms with Gasteiger partial charge in [0.25, 0.3) is 0 Å². The van der Waals surface area contributed by atoms with Crippen LogP contribution in [0.2, 0.25) is 0 Å². The van der Waals surface area contributed by atoms with E-state index in [-0.39, 0.29) is 24.2 Å². The van der Waals surface area contributed by atoms with Crippen molar-refractivity contribution in [3.63, 3.8) is 0 Å². The lowest BCUT2D eigenvalue weighted by Gasteiger charge is -2.42. The third-order valence-corrected chi connectivity index (χ3v) is 4.78. The maximum atomic E-state index is 13.3. The molecule has 1 aromatic carbocycles. The molecule has 1 heterocycles. The number of piperidine rings is 1. The van der Waals surface area contributed by atoms with Crippen LogP contribution in [0.25, 0.3) is 0 Å². The van der Waals surface area contributed by atoms with Crippen LogP contribution in [0.5, 0.6) is 0 Å². The summed E-state index contributed by atoms with van der Waals surface area (Å²) in [5.41, 5.74) is 0.243. The van der Waals surface area contributed by atoms with Crippen LogP contribution in [0.4, 0.5) is 9.18 Å². The van der Waals surface area contributed by atoms with Crippen LogP contribution in [-0.2, 0) is 16.0 Å². The van der Waals surface area contributed by atoms with Crippen LogP contribution in [0.1, 0.15) is 31.7 Å². The molecule has 0 spiro atoms. The molecule has 0 aliphatic carbocycles. The first kappa shape index (κ1) is 20.2. The highest BCUT2D eigenvalue weighted by Crippen LogP contribution is 2.26. The topological polar surface area (TPSA) is 70.7 Å². The third-order valence-electron chi connectivity index (χ3n) is 4.78. The van der Waals surface area contributed by atoms with Crippen LogP contribution in [0.3, 0.4) is 0 Å². The Kier molecular flexibility index (Phi) is 7.38. The van der Waals surface area contributed by atoms with Crippen LogP contribution >= 0.6 is 0 Å². The number of benzene rings is 1. The number of nitrogens with one attached hydrogen (secondary N) is 2. The molecule has 0 bridgehead atoms. The number of urea groups is 1. The van der Waals surface area contributed by atoms with Gasteiger partial charge >= 0.3 is 6.03 Å². The van der Waals surface area contributed by atoms with E-state index >= 15 is 0 Å². The molecule has 144 valence electrons. The predicted molar refractivity (Wildman–Crippen MR) is 97.4 cm³/mol. The number of amides is 3. The maximum absolute atomic E-state index is 13.3. The van der Waals surface area contributed by atoms with E-state index in [1.165, 1.54) is 12.1 Å². The fourth-order valence-corrected chi connectivity index (χ4v) is 3.31. The van der Waals surface area contributed by atoms with Gasteiger partial charge in [0.15, 0.2) is 0 Å². The van der Waals surface area contributed by atoms with E-state index in [1.54, 1.807) is 24.1 Å². The molecule has 0 saturated carbocycles. The van der Waals surface area contributed by atoms with Crippen molar-refractivity contribution in [3.05, 3.63) is 35.6 Å². The Bertz CT molecular complexity index is 616. The monoisotopic (exact) mass is 365 g/mol. The molecule has 7 heteroatoms. The number of likely N-dealkylation sites (tertiary alicyclic amines) is 1. The molecule has 0 aromatic heterocycles. The summed E-state index contributed by atoms with van der Waals surface area (Å²) in [4.78, 5) is 26.3. The first-order valence-electron chi connectivity index (χ1n) is 9.05. The molecule has 0 atom stereocenters. The lowest BCUT2D eigenvalue weighted by Crippen LogP contribution is -2.58. The standard InChI is InChI=1S/C19H28FN3O3/c1-3-21-18(25)23-10-7-19(8-11-23,9-12-26-2)22-17(24)14-15-5-4-6-16(20)13-15/h4-6,13H,3,7-12,14H2,1-2H3,(H,21,25)(H,22,24). The number of methoxy groups -OCH3 is 1. The number of hydrogen-bond donors (Lipinski definition) is 2. The summed E-state index contributed by atoms with van der Waals surface area (Å²) in [7, 11) is 1.63. The SMILES string of the molecule is CCNC(=O)N1CCC(CCOC)(NC(=O)Cc2cccc(F)c2)CC1. The van der Waals surface area contributed by atoms with Gasteiger partial charge in [-0.05, 0) is 43.9 Å². The van der Waals surface area contributed by atoms with Gasteiger partial charge in [0.05, 0.1) is 6.42 Å². The van der Waals surface area contributed by atoms with E-state index in [4.69, 9.17) is 4.74 Å². The highest BCUT2D eigenvalue weighted by Gasteiger charge is 2.36. The first-order chi connectivity index (χ1) is 12.5. The Morgan fingerprint density at radius 1 is 1.31 bits per heavy atom. The van der Waals surface area contributed by atoms with Gasteiger partial charge in [-0.15, -0.1) is 0 Å². The Hall–Kier alpha value is -2.15. The van der Waals surface area contributed by atoms with Crippen molar-refractivity contribution in [2.24, 2.45) is 0 Å². The molecule has 6 nitrogen and oxygen atoms in total. The summed E-state index contributed by atoms with van der Waals surface area (Å²) in [5, 5.41) is 5.93. The molecule has 2 N–H and O–H groups in total. The molecule has 1 aliphatic rings. The molecule has 0 radical (unpaired) electrons. The molecule has 1 aliphatic heterocycles. The largest absolute Gasteiger partial charge is 0.385 e. The summed E-state index contributed by atoms with van der Waals surface area (Å²) >= 11 is 0. The van der Waals surface area contributed by atoms with Gasteiger partial charge in [-0.2, -0.15) is 0 Å². The maximum Gasteiger partial charge on any atom is 0.317 e. The third kappa shape index (κ3) is 5.69. The van der Waals surface area contributed by atoms with Crippen molar-refractivity contribution in [1.82, 2.24) is 15.5 Å². The molecular formula is C19H28FN3O3. The van der Waals surface area contributed by atoms with Crippen molar-refractivity contribution in [2.45, 2.75) is 38.1 Å². The van der Waals surface area contributed by atoms with E-state index in [0.29, 0.717) is 51.1 Å². The van der Waals surface area contributed by atoms with Crippen molar-refractivity contribution in [1.29, 1.82) is 0 Å². The van der Waals surface area contributed by atoms with Gasteiger partial charge in [-0.3, -0.25) is 4.79 Å². The zero-order valence-corrected chi connectivity index (χ0v) is 15.5. The van der Waals surface area contributed by atoms with Gasteiger partial charge in [0.2, 0.25) is 5.91 Å². The molecule has 1 saturated heterocycles. The Morgan fingerprint density at radius 3 is 2.65 bits per heavy atom. The number of halogens is 1. The quantitative estimate of drug-likeness (QED) is 0.777. The van der Waals surface area contributed by atoms with Crippen molar-refractivity contribution >= 4 is 11.9 Å². The van der Waals surface area contributed by atoms with Gasteiger partial charge in [0, 0.05) is 38.9 Å². The van der Waals surface area contributed by atoms with Crippen LogP contribution in [0, 0.1) is 5.82 Å². The number of ether oxygens (including phenoxy) is 1. The van der Waals surface area contributed by atoms with Crippen LogP contribution < -0.4 is 10.6 Å². The minimum Gasteiger partial charge on any atom is -0.385 e. The lowest BCUT2D eigenvalue weighted by atomic mass is 9.84. The van der Waals surface area contributed by atoms with Gasteiger partial charge in [-0.1, -0.05) is 12.1 Å². The molecule has 1 aromatic rings. The molecule has 26 heavy (non-hydrogen) atoms. The number of hydrogen-bond acceptors (Lipinski definition) is 3. The number of carbonyl (C=O) groups excluding carboxylic acids is 2. The number of rotatable bonds is 7. The van der Waals surface area contributed by atoms with Crippen LogP contribution in [0.15, 0.2) is 24.3 Å². The van der Waals surface area contributed by atoms with Crippen molar-refractivity contribution in [2.75, 3.05) is 33.4 Å². The second-order valence-electron chi connectivity index (χ2n) is 6.70. The summed E-state index contributed by atoms with van der Waals surface area (Å²) < 4.78 is 18.5. The highest BCUT2D eigenvalue weighted by molar-refractivity contribution is 5.79. The van der Waals surface area contributed by atoms with Gasteiger partial charge in [0.1, 0.15) is 5.82 Å². The smallest absolute Gasteiger partial charge is 0.317 e. The second-order valence-corrected chi connectivity index (χ2v) is 6.70. The van der Waals surface area contributed by atoms with Crippen molar-refractivity contribution < 1.29 is 18.7 Å². The summed E-state index contributed by atoms with van der Waals surface area (Å²) in [5.74, 6) is -0.488. The Balaban J connectivity index is 1.98. The van der Waals surface area contributed by atoms with E-state index < -0.39 is 5.54 Å². The molecule has 2 rings (SSSR count). The second kappa shape index (κ2) is 9.52. The molecule has 3 amide bonds. The van der Waals surface area contributed by atoms with E-state index in [1.807, 2.05) is 6.92 Å². The predicted octanol–water partition coefficient (Wildman–Crippen LogP) is 2.08. The minimum absolute atomic E-state index is 0.0704. The number of nitrogens with zero attached hydrogens (tertiary/aromatic N) is 1. The average Bonchev–Trinajstić information content (AvgIpc) is 2.61. The summed E-state index contributed by atoms with van der Waals surface area (Å²) in [6, 6.07) is 6.00. The Labute approximate surface area is 154 Å². The normalized spacial score (nSPS) is 16.2. The number of carbonyl (C=O) groups is 2. The first-order valence-corrected chi connectivity index (χ1v) is 9.05. The highest BCUT2D eigenvalue weighted by atomic mass is 19.1. The fraction of sp³-hybridized carbons (Fsp3) is 0.579. The Morgan fingerprint density at radius 2 is 2.04 bits per heavy atom. The molecule has 1 fully saturated rings. The van der Waals surface area contributed by atoms with Gasteiger partial charge < -0.3 is 20.3 Å². The van der Waals surface area contributed by atoms with E-state index in [2.05, 4.69) is 10.6 Å². The van der Waals surface area contributed by atoms with Crippen molar-refractivity contribution in [3.8, 4) is 0 Å². The van der Waals surface area contributed by atoms with Crippen LogP contribution in [-0.4, -0.2) is 55.7 Å². The molecular weight excluding hydrogens is 337 g/mol. The van der Waals surface area contributed by atoms with Gasteiger partial charge in [-0.25, -0.2) is 9.18 Å². The average molecular weight is 365 g/mol. The zero-order chi connectivity index (χ0) is 19.0. The minimum atomic E-state index is -0.399. The van der Waals surface area contributed by atoms with E-state index in [0.717, 1.165) is 0 Å². The summed E-state index contributed by atoms with van der Waals surface area (Å²) in [6.45, 7) is 4.17. The van der Waals surface area contributed by atoms with E-state index in [9.17, 15) is 14.0 Å². The zero-order valence-electron chi connectivity index (χ0n) is 15.5. The fourth-order valence-electron chi connectivity index (χ4n) is 3.31. The lowest BCUT2D eigenvalue weighted by molar-refractivity contribution is -0.123. The molecule has 0 unspecified atom stereocenters. The summed E-state index contributed by atoms with van der Waals surface area (Å²) in [6.07, 6.45) is 2.15.